The van der Waals surface area contributed by atoms with Crippen molar-refractivity contribution in [3.05, 3.63) is 107 Å². The Labute approximate surface area is 222 Å². The number of β-amino-alcohol motifs (C(OH)–C–C–N with tert-alkyl or cyclic N) is 1. The Morgan fingerprint density at radius 3 is 2.26 bits per heavy atom. The summed E-state index contributed by atoms with van der Waals surface area (Å²) in [5, 5.41) is 10.8. The van der Waals surface area contributed by atoms with E-state index in [4.69, 9.17) is 0 Å². The van der Waals surface area contributed by atoms with Gasteiger partial charge in [-0.3, -0.25) is 9.69 Å². The Hall–Kier alpha value is -3.16. The first-order chi connectivity index (χ1) is 18.1. The van der Waals surface area contributed by atoms with Crippen molar-refractivity contribution in [3.63, 3.8) is 0 Å². The second kappa shape index (κ2) is 12.1. The van der Waals surface area contributed by atoms with Crippen molar-refractivity contribution in [3.8, 4) is 0 Å². The first-order valence-electron chi connectivity index (χ1n) is 13.1. The largest absolute Gasteiger partial charge is 0.416 e. The number of rotatable bonds is 9. The van der Waals surface area contributed by atoms with E-state index in [1.807, 2.05) is 67.3 Å². The summed E-state index contributed by atoms with van der Waals surface area (Å²) in [7, 11) is 0. The lowest BCUT2D eigenvalue weighted by Crippen LogP contribution is -2.42. The van der Waals surface area contributed by atoms with Crippen LogP contribution in [0.4, 0.5) is 13.2 Å². The SMILES string of the molecule is CC(C)N(CC1CN(CC(O)Cc2ccccc2)CC1c1cccc(C(F)(F)F)c1)C(=O)c1ccccc1. The fraction of sp³-hybridized carbons (Fsp3) is 0.387. The van der Waals surface area contributed by atoms with E-state index in [9.17, 15) is 23.1 Å². The Morgan fingerprint density at radius 2 is 1.63 bits per heavy atom. The lowest BCUT2D eigenvalue weighted by molar-refractivity contribution is -0.137. The van der Waals surface area contributed by atoms with Crippen LogP contribution in [0, 0.1) is 5.92 Å². The van der Waals surface area contributed by atoms with Crippen molar-refractivity contribution in [1.29, 1.82) is 0 Å². The summed E-state index contributed by atoms with van der Waals surface area (Å²) in [5.74, 6) is -0.380. The van der Waals surface area contributed by atoms with E-state index >= 15 is 0 Å². The predicted octanol–water partition coefficient (Wildman–Crippen LogP) is 5.88. The zero-order chi connectivity index (χ0) is 27.3. The van der Waals surface area contributed by atoms with Crippen LogP contribution in [0.3, 0.4) is 0 Å². The predicted molar refractivity (Wildman–Crippen MR) is 143 cm³/mol. The molecule has 4 rings (SSSR count). The molecule has 0 aliphatic carbocycles. The number of nitrogens with zero attached hydrogens (tertiary/aromatic N) is 2. The molecule has 0 aromatic heterocycles. The minimum atomic E-state index is -4.43. The third-order valence-electron chi connectivity index (χ3n) is 7.28. The van der Waals surface area contributed by atoms with Gasteiger partial charge in [-0.2, -0.15) is 13.2 Å². The fourth-order valence-corrected chi connectivity index (χ4v) is 5.39. The van der Waals surface area contributed by atoms with Crippen LogP contribution in [0.1, 0.15) is 46.8 Å². The number of alkyl halides is 3. The van der Waals surface area contributed by atoms with Crippen LogP contribution in [0.2, 0.25) is 0 Å². The van der Waals surface area contributed by atoms with Crippen molar-refractivity contribution in [2.75, 3.05) is 26.2 Å². The smallest absolute Gasteiger partial charge is 0.391 e. The van der Waals surface area contributed by atoms with Gasteiger partial charge in [-0.15, -0.1) is 0 Å². The van der Waals surface area contributed by atoms with Gasteiger partial charge in [0.2, 0.25) is 0 Å². The molecule has 1 amide bonds. The monoisotopic (exact) mass is 524 g/mol. The molecule has 0 bridgehead atoms. The topological polar surface area (TPSA) is 43.8 Å². The second-order valence-electron chi connectivity index (χ2n) is 10.5. The molecule has 1 aliphatic heterocycles. The highest BCUT2D eigenvalue weighted by Gasteiger charge is 2.38. The molecule has 38 heavy (non-hydrogen) atoms. The van der Waals surface area contributed by atoms with Gasteiger partial charge in [0.15, 0.2) is 0 Å². The quantitative estimate of drug-likeness (QED) is 0.381. The molecule has 0 spiro atoms. The van der Waals surface area contributed by atoms with Crippen molar-refractivity contribution >= 4 is 5.91 Å². The Balaban J connectivity index is 1.57. The zero-order valence-electron chi connectivity index (χ0n) is 21.8. The van der Waals surface area contributed by atoms with E-state index in [0.29, 0.717) is 43.7 Å². The third-order valence-corrected chi connectivity index (χ3v) is 7.28. The molecule has 3 aromatic rings. The number of carbonyl (C=O) groups is 1. The van der Waals surface area contributed by atoms with Gasteiger partial charge in [-0.25, -0.2) is 0 Å². The molecule has 1 saturated heterocycles. The minimum Gasteiger partial charge on any atom is -0.391 e. The van der Waals surface area contributed by atoms with E-state index in [-0.39, 0.29) is 23.8 Å². The number of amides is 1. The van der Waals surface area contributed by atoms with E-state index in [0.717, 1.165) is 11.6 Å². The molecule has 202 valence electrons. The summed E-state index contributed by atoms with van der Waals surface area (Å²) in [4.78, 5) is 17.3. The highest BCUT2D eigenvalue weighted by molar-refractivity contribution is 5.94. The van der Waals surface area contributed by atoms with Crippen LogP contribution < -0.4 is 0 Å². The van der Waals surface area contributed by atoms with Crippen LogP contribution in [0.5, 0.6) is 0 Å². The lowest BCUT2D eigenvalue weighted by atomic mass is 9.87. The Kier molecular flexibility index (Phi) is 8.90. The first-order valence-corrected chi connectivity index (χ1v) is 13.1. The maximum absolute atomic E-state index is 13.5. The summed E-state index contributed by atoms with van der Waals surface area (Å²) >= 11 is 0. The van der Waals surface area contributed by atoms with Crippen LogP contribution in [-0.2, 0) is 12.6 Å². The van der Waals surface area contributed by atoms with Gasteiger partial charge in [-0.1, -0.05) is 66.7 Å². The number of carbonyl (C=O) groups excluding carboxylic acids is 1. The average molecular weight is 525 g/mol. The van der Waals surface area contributed by atoms with Crippen LogP contribution in [0.25, 0.3) is 0 Å². The van der Waals surface area contributed by atoms with E-state index in [1.165, 1.54) is 12.1 Å². The normalized spacial score (nSPS) is 19.0. The molecule has 0 saturated carbocycles. The van der Waals surface area contributed by atoms with Crippen LogP contribution >= 0.6 is 0 Å². The van der Waals surface area contributed by atoms with Crippen LogP contribution in [0.15, 0.2) is 84.9 Å². The standard InChI is InChI=1S/C31H35F3N2O2/c1-22(2)36(30(38)24-12-7-4-8-13-24)19-26-18-35(20-28(37)16-23-10-5-3-6-11-23)21-29(26)25-14-9-15-27(17-25)31(32,33)34/h3-15,17,22,26,28-29,37H,16,18-21H2,1-2H3. The second-order valence-corrected chi connectivity index (χ2v) is 10.5. The van der Waals surface area contributed by atoms with E-state index in [1.54, 1.807) is 18.2 Å². The number of halogens is 3. The van der Waals surface area contributed by atoms with Crippen molar-refractivity contribution in [2.24, 2.45) is 5.92 Å². The molecular formula is C31H35F3N2O2. The Morgan fingerprint density at radius 1 is 0.974 bits per heavy atom. The van der Waals surface area contributed by atoms with Crippen molar-refractivity contribution in [1.82, 2.24) is 9.80 Å². The van der Waals surface area contributed by atoms with Gasteiger partial charge in [0.25, 0.3) is 5.91 Å². The molecule has 7 heteroatoms. The maximum atomic E-state index is 13.5. The summed E-state index contributed by atoms with van der Waals surface area (Å²) in [5.41, 5.74) is 1.56. The van der Waals surface area contributed by atoms with Crippen LogP contribution in [-0.4, -0.2) is 59.1 Å². The van der Waals surface area contributed by atoms with E-state index < -0.39 is 17.8 Å². The number of likely N-dealkylation sites (tertiary alicyclic amines) is 1. The third kappa shape index (κ3) is 7.03. The maximum Gasteiger partial charge on any atom is 0.416 e. The van der Waals surface area contributed by atoms with Gasteiger partial charge in [0, 0.05) is 43.7 Å². The van der Waals surface area contributed by atoms with Gasteiger partial charge >= 0.3 is 6.18 Å². The van der Waals surface area contributed by atoms with Gasteiger partial charge in [-0.05, 0) is 55.5 Å². The molecule has 1 aliphatic rings. The summed E-state index contributed by atoms with van der Waals surface area (Å²) in [6.45, 7) is 5.83. The number of hydrogen-bond acceptors (Lipinski definition) is 3. The molecule has 4 nitrogen and oxygen atoms in total. The highest BCUT2D eigenvalue weighted by atomic mass is 19.4. The fourth-order valence-electron chi connectivity index (χ4n) is 5.39. The van der Waals surface area contributed by atoms with Crippen molar-refractivity contribution < 1.29 is 23.1 Å². The molecule has 3 aromatic carbocycles. The first kappa shape index (κ1) is 27.9. The highest BCUT2D eigenvalue weighted by Crippen LogP contribution is 2.37. The summed E-state index contributed by atoms with van der Waals surface area (Å²) in [6, 6.07) is 24.2. The Bertz CT molecular complexity index is 1180. The molecule has 1 fully saturated rings. The van der Waals surface area contributed by atoms with Gasteiger partial charge in [0.05, 0.1) is 11.7 Å². The molecule has 0 radical (unpaired) electrons. The molecule has 1 N–H and O–H groups in total. The lowest BCUT2D eigenvalue weighted by Gasteiger charge is -2.32. The molecule has 3 unspecified atom stereocenters. The molecular weight excluding hydrogens is 489 g/mol. The molecule has 3 atom stereocenters. The number of benzene rings is 3. The average Bonchev–Trinajstić information content (AvgIpc) is 3.29. The minimum absolute atomic E-state index is 0.0809. The number of hydrogen-bond donors (Lipinski definition) is 1. The van der Waals surface area contributed by atoms with Gasteiger partial charge < -0.3 is 10.0 Å². The number of aliphatic hydroxyl groups is 1. The number of aliphatic hydroxyl groups excluding tert-OH is 1. The molecule has 1 heterocycles. The van der Waals surface area contributed by atoms with Crippen molar-refractivity contribution in [2.45, 2.75) is 44.5 Å². The summed E-state index contributed by atoms with van der Waals surface area (Å²) in [6.07, 6.45) is -4.53. The van der Waals surface area contributed by atoms with E-state index in [2.05, 4.69) is 4.90 Å². The summed E-state index contributed by atoms with van der Waals surface area (Å²) < 4.78 is 40.6. The van der Waals surface area contributed by atoms with Gasteiger partial charge in [0.1, 0.15) is 0 Å². The zero-order valence-corrected chi connectivity index (χ0v) is 21.8.